The number of rotatable bonds is 38. The maximum absolute atomic E-state index is 12.6. The van der Waals surface area contributed by atoms with Gasteiger partial charge in [0.1, 0.15) is 12.7 Å². The number of carbonyl (C=O) groups excluding carboxylic acids is 2. The van der Waals surface area contributed by atoms with Crippen LogP contribution < -0.4 is 0 Å². The molecule has 0 aromatic heterocycles. The smallest absolute Gasteiger partial charge is 0.462 e. The van der Waals surface area contributed by atoms with Crippen molar-refractivity contribution in [3.63, 3.8) is 0 Å². The highest BCUT2D eigenvalue weighted by molar-refractivity contribution is 7.47. The van der Waals surface area contributed by atoms with E-state index in [4.69, 9.17) is 23.8 Å². The molecule has 0 spiro atoms. The first kappa shape index (κ1) is 54.6. The monoisotopic (exact) mass is 846 g/mol. The summed E-state index contributed by atoms with van der Waals surface area (Å²) >= 11 is 0. The fourth-order valence-electron chi connectivity index (χ4n) is 4.95. The number of phosphoric ester groups is 2. The van der Waals surface area contributed by atoms with Crippen LogP contribution >= 0.6 is 15.6 Å². The molecule has 328 valence electrons. The predicted octanol–water partition coefficient (Wildman–Crippen LogP) is 10.2. The van der Waals surface area contributed by atoms with Crippen molar-refractivity contribution in [2.45, 2.75) is 154 Å². The van der Waals surface area contributed by atoms with Gasteiger partial charge in [-0.25, -0.2) is 9.13 Å². The van der Waals surface area contributed by atoms with Gasteiger partial charge >= 0.3 is 27.6 Å². The van der Waals surface area contributed by atoms with Crippen LogP contribution in [-0.4, -0.2) is 70.4 Å². The summed E-state index contributed by atoms with van der Waals surface area (Å²) in [5.41, 5.74) is 0. The lowest BCUT2D eigenvalue weighted by molar-refractivity contribution is -0.161. The predicted molar refractivity (Wildman–Crippen MR) is 225 cm³/mol. The van der Waals surface area contributed by atoms with Crippen LogP contribution in [0.2, 0.25) is 0 Å². The van der Waals surface area contributed by atoms with Crippen LogP contribution in [-0.2, 0) is 41.8 Å². The van der Waals surface area contributed by atoms with Gasteiger partial charge in [0.2, 0.25) is 0 Å². The van der Waals surface area contributed by atoms with Crippen LogP contribution in [0.4, 0.5) is 0 Å². The Kier molecular flexibility index (Phi) is 36.2. The van der Waals surface area contributed by atoms with Crippen molar-refractivity contribution < 1.29 is 61.6 Å². The minimum absolute atomic E-state index is 0.0750. The summed E-state index contributed by atoms with van der Waals surface area (Å²) < 4.78 is 47.6. The molecule has 0 aliphatic heterocycles. The highest BCUT2D eigenvalue weighted by atomic mass is 31.2. The molecule has 0 aliphatic carbocycles. The Bertz CT molecular complexity index is 1290. The van der Waals surface area contributed by atoms with E-state index in [2.05, 4.69) is 95.8 Å². The summed E-state index contributed by atoms with van der Waals surface area (Å²) in [6.45, 7) is 1.53. The van der Waals surface area contributed by atoms with E-state index in [1.807, 2.05) is 0 Å². The Hall–Kier alpha value is -2.44. The molecule has 0 saturated heterocycles. The van der Waals surface area contributed by atoms with E-state index in [9.17, 15) is 28.7 Å². The topological polar surface area (TPSA) is 195 Å². The van der Waals surface area contributed by atoms with Gasteiger partial charge in [0.25, 0.3) is 0 Å². The molecule has 4 N–H and O–H groups in total. The molecule has 0 bridgehead atoms. The van der Waals surface area contributed by atoms with Crippen LogP contribution in [0.15, 0.2) is 72.9 Å². The molecule has 0 heterocycles. The summed E-state index contributed by atoms with van der Waals surface area (Å²) in [6, 6.07) is 0. The molecule has 57 heavy (non-hydrogen) atoms. The van der Waals surface area contributed by atoms with Crippen molar-refractivity contribution in [2.24, 2.45) is 0 Å². The number of phosphoric acid groups is 2. The van der Waals surface area contributed by atoms with Crippen LogP contribution in [0.25, 0.3) is 0 Å². The Morgan fingerprint density at radius 1 is 0.526 bits per heavy atom. The summed E-state index contributed by atoms with van der Waals surface area (Å²) in [4.78, 5) is 52.6. The highest BCUT2D eigenvalue weighted by Gasteiger charge is 2.28. The zero-order valence-electron chi connectivity index (χ0n) is 34.4. The average Bonchev–Trinajstić information content (AvgIpc) is 3.17. The Labute approximate surface area is 342 Å². The third-order valence-corrected chi connectivity index (χ3v) is 9.51. The maximum Gasteiger partial charge on any atom is 0.472 e. The van der Waals surface area contributed by atoms with E-state index >= 15 is 0 Å². The third-order valence-electron chi connectivity index (χ3n) is 8.07. The summed E-state index contributed by atoms with van der Waals surface area (Å²) in [5.74, 6) is -1.10. The first-order chi connectivity index (χ1) is 27.4. The molecule has 0 aromatic carbocycles. The molecule has 0 amide bonds. The average molecular weight is 847 g/mol. The van der Waals surface area contributed by atoms with Crippen molar-refractivity contribution >= 4 is 27.6 Å². The number of hydrogen-bond donors (Lipinski definition) is 4. The van der Waals surface area contributed by atoms with Gasteiger partial charge in [0, 0.05) is 12.8 Å². The molecule has 1 unspecified atom stereocenters. The zero-order valence-corrected chi connectivity index (χ0v) is 36.2. The molecule has 0 rings (SSSR count). The largest absolute Gasteiger partial charge is 0.472 e. The van der Waals surface area contributed by atoms with Gasteiger partial charge in [-0.2, -0.15) is 0 Å². The molecule has 0 fully saturated rings. The second kappa shape index (κ2) is 37.8. The van der Waals surface area contributed by atoms with Gasteiger partial charge in [-0.3, -0.25) is 23.2 Å². The molecule has 0 aromatic rings. The number of aliphatic hydroxyl groups is 1. The fraction of sp³-hybridized carbons (Fsp3) is 0.667. The maximum atomic E-state index is 12.6. The van der Waals surface area contributed by atoms with Gasteiger partial charge in [-0.1, -0.05) is 119 Å². The van der Waals surface area contributed by atoms with Gasteiger partial charge in [0.05, 0.1) is 19.8 Å². The summed E-state index contributed by atoms with van der Waals surface area (Å²) in [5, 5.41) is 9.73. The number of ether oxygens (including phenoxy) is 2. The van der Waals surface area contributed by atoms with Crippen molar-refractivity contribution in [1.82, 2.24) is 0 Å². The SMILES string of the molecule is CC/C=C\C/C=C\C/C=C\CCCCCCCC(=O)OC[C@H](COP(=O)(O)OC[C@@H](O)COP(=O)(O)O)OC(=O)CCCC/C=C\C/C=C\C/C=C\CCCCC. The third kappa shape index (κ3) is 41.5. The van der Waals surface area contributed by atoms with E-state index in [1.54, 1.807) is 0 Å². The molecule has 0 radical (unpaired) electrons. The summed E-state index contributed by atoms with van der Waals surface area (Å²) in [6.07, 6.45) is 40.4. The van der Waals surface area contributed by atoms with Gasteiger partial charge < -0.3 is 29.3 Å². The first-order valence-corrected chi connectivity index (χ1v) is 23.7. The number of hydrogen-bond acceptors (Lipinski definition) is 10. The summed E-state index contributed by atoms with van der Waals surface area (Å²) in [7, 11) is -9.69. The Balaban J connectivity index is 4.66. The minimum atomic E-state index is -4.87. The van der Waals surface area contributed by atoms with E-state index in [0.717, 1.165) is 83.5 Å². The number of esters is 2. The van der Waals surface area contributed by atoms with Gasteiger partial charge in [0.15, 0.2) is 6.10 Å². The van der Waals surface area contributed by atoms with Crippen molar-refractivity contribution in [2.75, 3.05) is 26.4 Å². The van der Waals surface area contributed by atoms with Crippen molar-refractivity contribution in [1.29, 1.82) is 0 Å². The van der Waals surface area contributed by atoms with Crippen LogP contribution in [0.1, 0.15) is 142 Å². The van der Waals surface area contributed by atoms with Crippen molar-refractivity contribution in [3.05, 3.63) is 72.9 Å². The standard InChI is InChI=1S/C42H72O13P2/c1-3-5-7-9-11-13-15-17-19-21-23-25-27-29-31-33-41(44)51-37-40(38-54-57(49,50)53-36-39(43)35-52-56(46,47)48)55-42(45)34-32-30-28-26-24-22-20-18-16-14-12-10-8-6-4-2/h5,7,11-14,17-20,24,26,39-40,43H,3-4,6,8-10,15-16,21-23,25,27-38H2,1-2H3,(H,49,50)(H2,46,47,48)/b7-5-,13-11-,14-12-,19-17-,20-18-,26-24-/t39-,40+/m0/s1. The normalized spacial score (nSPS) is 14.8. The molecule has 3 atom stereocenters. The first-order valence-electron chi connectivity index (χ1n) is 20.6. The zero-order chi connectivity index (χ0) is 42.3. The van der Waals surface area contributed by atoms with E-state index in [0.29, 0.717) is 12.8 Å². The van der Waals surface area contributed by atoms with Gasteiger partial charge in [-0.15, -0.1) is 0 Å². The number of unbranched alkanes of at least 4 members (excludes halogenated alkanes) is 10. The lowest BCUT2D eigenvalue weighted by Crippen LogP contribution is -2.30. The Morgan fingerprint density at radius 2 is 0.965 bits per heavy atom. The number of allylic oxidation sites excluding steroid dienone is 12. The number of carbonyl (C=O) groups is 2. The number of aliphatic hydroxyl groups excluding tert-OH is 1. The molecule has 0 aliphatic rings. The van der Waals surface area contributed by atoms with E-state index in [-0.39, 0.29) is 12.8 Å². The second-order valence-corrected chi connectivity index (χ2v) is 16.2. The van der Waals surface area contributed by atoms with E-state index in [1.165, 1.54) is 19.3 Å². The fourth-order valence-corrected chi connectivity index (χ4v) is 6.11. The highest BCUT2D eigenvalue weighted by Crippen LogP contribution is 2.43. The lowest BCUT2D eigenvalue weighted by Gasteiger charge is -2.20. The van der Waals surface area contributed by atoms with Crippen LogP contribution in [0.3, 0.4) is 0 Å². The van der Waals surface area contributed by atoms with Gasteiger partial charge in [-0.05, 0) is 83.5 Å². The molecular weight excluding hydrogens is 774 g/mol. The van der Waals surface area contributed by atoms with Crippen LogP contribution in [0.5, 0.6) is 0 Å². The molecular formula is C42H72O13P2. The van der Waals surface area contributed by atoms with E-state index < -0.39 is 66.2 Å². The molecule has 13 nitrogen and oxygen atoms in total. The van der Waals surface area contributed by atoms with Crippen LogP contribution in [0, 0.1) is 0 Å². The molecule has 0 saturated carbocycles. The second-order valence-electron chi connectivity index (χ2n) is 13.5. The quantitative estimate of drug-likeness (QED) is 0.0199. The minimum Gasteiger partial charge on any atom is -0.462 e. The Morgan fingerprint density at radius 3 is 1.53 bits per heavy atom. The van der Waals surface area contributed by atoms with Crippen molar-refractivity contribution in [3.8, 4) is 0 Å². The molecule has 15 heteroatoms. The lowest BCUT2D eigenvalue weighted by atomic mass is 10.1.